The first-order valence-electron chi connectivity index (χ1n) is 7.28. The third-order valence-electron chi connectivity index (χ3n) is 3.42. The van der Waals surface area contributed by atoms with E-state index in [0.717, 1.165) is 30.9 Å². The highest BCUT2D eigenvalue weighted by Crippen LogP contribution is 2.18. The fourth-order valence-electron chi connectivity index (χ4n) is 2.25. The van der Waals surface area contributed by atoms with Crippen LogP contribution in [0.1, 0.15) is 28.9 Å². The second-order valence-electron chi connectivity index (χ2n) is 5.22. The predicted molar refractivity (Wildman–Crippen MR) is 85.7 cm³/mol. The Morgan fingerprint density at radius 2 is 2.27 bits per heavy atom. The van der Waals surface area contributed by atoms with Gasteiger partial charge in [-0.1, -0.05) is 0 Å². The van der Waals surface area contributed by atoms with Crippen molar-refractivity contribution in [1.82, 2.24) is 4.98 Å². The third kappa shape index (κ3) is 3.84. The topological polar surface area (TPSA) is 60.5 Å². The number of amides is 1. The molecule has 0 bridgehead atoms. The predicted octanol–water partition coefficient (Wildman–Crippen LogP) is 3.26. The first kappa shape index (κ1) is 15.0. The minimum absolute atomic E-state index is 0.167. The van der Waals surface area contributed by atoms with E-state index in [0.29, 0.717) is 17.3 Å². The molecule has 0 spiro atoms. The van der Waals surface area contributed by atoms with E-state index in [1.165, 1.54) is 11.3 Å². The molecule has 0 saturated carbocycles. The summed E-state index contributed by atoms with van der Waals surface area (Å²) >= 11 is 1.42. The second kappa shape index (κ2) is 6.89. The number of hydrogen-bond donors (Lipinski definition) is 1. The Morgan fingerprint density at radius 3 is 2.91 bits per heavy atom. The molecule has 1 fully saturated rings. The number of nitrogens with zero attached hydrogens (tertiary/aromatic N) is 1. The van der Waals surface area contributed by atoms with Crippen LogP contribution < -0.4 is 10.1 Å². The number of aryl methyl sites for hydroxylation is 1. The van der Waals surface area contributed by atoms with E-state index >= 15 is 0 Å². The van der Waals surface area contributed by atoms with E-state index in [4.69, 9.17) is 9.47 Å². The number of rotatable bonds is 5. The zero-order valence-electron chi connectivity index (χ0n) is 12.4. The van der Waals surface area contributed by atoms with Crippen LogP contribution >= 0.6 is 11.3 Å². The van der Waals surface area contributed by atoms with Crippen LogP contribution in [0.5, 0.6) is 5.75 Å². The monoisotopic (exact) mass is 318 g/mol. The van der Waals surface area contributed by atoms with Crippen LogP contribution in [0.2, 0.25) is 0 Å². The normalized spacial score (nSPS) is 17.4. The van der Waals surface area contributed by atoms with Gasteiger partial charge in [-0.15, -0.1) is 11.3 Å². The first-order chi connectivity index (χ1) is 10.7. The lowest BCUT2D eigenvalue weighted by atomic mass is 10.2. The fraction of sp³-hybridized carbons (Fsp3) is 0.375. The standard InChI is InChI=1S/C16H18N2O3S/c1-11-10-22-16(17-11)18-15(19)12-4-6-13(7-5-12)21-9-14-3-2-8-20-14/h4-7,10,14H,2-3,8-9H2,1H3,(H,17,18,19)/t14-/m0/s1. The molecule has 6 heteroatoms. The lowest BCUT2D eigenvalue weighted by Gasteiger charge is -2.11. The quantitative estimate of drug-likeness (QED) is 0.919. The van der Waals surface area contributed by atoms with Crippen molar-refractivity contribution in [2.45, 2.75) is 25.9 Å². The van der Waals surface area contributed by atoms with Crippen molar-refractivity contribution < 1.29 is 14.3 Å². The van der Waals surface area contributed by atoms with Crippen LogP contribution in [0.3, 0.4) is 0 Å². The number of carbonyl (C=O) groups excluding carboxylic acids is 1. The molecule has 116 valence electrons. The van der Waals surface area contributed by atoms with E-state index in [2.05, 4.69) is 10.3 Å². The number of thiazole rings is 1. The number of benzene rings is 1. The van der Waals surface area contributed by atoms with Crippen LogP contribution in [0, 0.1) is 6.92 Å². The van der Waals surface area contributed by atoms with E-state index in [1.54, 1.807) is 24.3 Å². The number of carbonyl (C=O) groups is 1. The van der Waals surface area contributed by atoms with Crippen molar-refractivity contribution >= 4 is 22.4 Å². The zero-order chi connectivity index (χ0) is 15.4. The summed E-state index contributed by atoms with van der Waals surface area (Å²) in [7, 11) is 0. The average Bonchev–Trinajstić information content (AvgIpc) is 3.17. The van der Waals surface area contributed by atoms with Crippen molar-refractivity contribution in [2.24, 2.45) is 0 Å². The molecule has 1 aliphatic rings. The van der Waals surface area contributed by atoms with Gasteiger partial charge in [-0.2, -0.15) is 0 Å². The summed E-state index contributed by atoms with van der Waals surface area (Å²) in [6.07, 6.45) is 2.34. The molecule has 1 saturated heterocycles. The van der Waals surface area contributed by atoms with Gasteiger partial charge in [0.1, 0.15) is 12.4 Å². The van der Waals surface area contributed by atoms with Crippen LogP contribution in [0.15, 0.2) is 29.6 Å². The largest absolute Gasteiger partial charge is 0.491 e. The Bertz CT molecular complexity index is 633. The molecule has 0 radical (unpaired) electrons. The van der Waals surface area contributed by atoms with Gasteiger partial charge in [0.15, 0.2) is 5.13 Å². The first-order valence-corrected chi connectivity index (χ1v) is 8.16. The maximum Gasteiger partial charge on any atom is 0.257 e. The molecule has 1 aliphatic heterocycles. The number of nitrogens with one attached hydrogen (secondary N) is 1. The van der Waals surface area contributed by atoms with Crippen molar-refractivity contribution in [3.05, 3.63) is 40.9 Å². The Hall–Kier alpha value is -1.92. The smallest absolute Gasteiger partial charge is 0.257 e. The summed E-state index contributed by atoms with van der Waals surface area (Å²) in [6, 6.07) is 7.11. The van der Waals surface area contributed by atoms with Crippen LogP contribution in [-0.4, -0.2) is 30.2 Å². The van der Waals surface area contributed by atoms with Gasteiger partial charge in [0, 0.05) is 17.6 Å². The van der Waals surface area contributed by atoms with Crippen molar-refractivity contribution in [2.75, 3.05) is 18.5 Å². The molecular formula is C16H18N2O3S. The van der Waals surface area contributed by atoms with Crippen molar-refractivity contribution in [3.63, 3.8) is 0 Å². The highest BCUT2D eigenvalue weighted by Gasteiger charge is 2.16. The summed E-state index contributed by atoms with van der Waals surface area (Å²) in [5, 5.41) is 5.30. The second-order valence-corrected chi connectivity index (χ2v) is 6.08. The maximum atomic E-state index is 12.1. The van der Waals surface area contributed by atoms with Gasteiger partial charge in [0.25, 0.3) is 5.91 Å². The van der Waals surface area contributed by atoms with Gasteiger partial charge in [0.05, 0.1) is 11.8 Å². The molecule has 1 atom stereocenters. The average molecular weight is 318 g/mol. The Labute approximate surface area is 133 Å². The van der Waals surface area contributed by atoms with E-state index in [9.17, 15) is 4.79 Å². The molecule has 3 rings (SSSR count). The number of ether oxygens (including phenoxy) is 2. The van der Waals surface area contributed by atoms with Crippen molar-refractivity contribution in [3.8, 4) is 5.75 Å². The van der Waals surface area contributed by atoms with Gasteiger partial charge in [-0.25, -0.2) is 4.98 Å². The SMILES string of the molecule is Cc1csc(NC(=O)c2ccc(OC[C@@H]3CCCO3)cc2)n1. The minimum atomic E-state index is -0.167. The molecule has 0 unspecified atom stereocenters. The highest BCUT2D eigenvalue weighted by molar-refractivity contribution is 7.13. The molecule has 1 aromatic carbocycles. The van der Waals surface area contributed by atoms with Crippen LogP contribution in [0.25, 0.3) is 0 Å². The van der Waals surface area contributed by atoms with E-state index < -0.39 is 0 Å². The summed E-state index contributed by atoms with van der Waals surface area (Å²) in [6.45, 7) is 3.28. The zero-order valence-corrected chi connectivity index (χ0v) is 13.2. The molecule has 2 heterocycles. The molecule has 22 heavy (non-hydrogen) atoms. The Morgan fingerprint density at radius 1 is 1.45 bits per heavy atom. The van der Waals surface area contributed by atoms with Crippen LogP contribution in [-0.2, 0) is 4.74 Å². The molecule has 5 nitrogen and oxygen atoms in total. The lowest BCUT2D eigenvalue weighted by Crippen LogP contribution is -2.16. The van der Waals surface area contributed by atoms with E-state index in [1.807, 2.05) is 12.3 Å². The maximum absolute atomic E-state index is 12.1. The molecular weight excluding hydrogens is 300 g/mol. The third-order valence-corrected chi connectivity index (χ3v) is 4.29. The van der Waals surface area contributed by atoms with Gasteiger partial charge in [-0.05, 0) is 44.0 Å². The van der Waals surface area contributed by atoms with Gasteiger partial charge < -0.3 is 9.47 Å². The molecule has 0 aliphatic carbocycles. The molecule has 2 aromatic rings. The summed E-state index contributed by atoms with van der Waals surface area (Å²) < 4.78 is 11.2. The molecule has 1 aromatic heterocycles. The van der Waals surface area contributed by atoms with Gasteiger partial charge in [-0.3, -0.25) is 10.1 Å². The summed E-state index contributed by atoms with van der Waals surface area (Å²) in [4.78, 5) is 16.3. The lowest BCUT2D eigenvalue weighted by molar-refractivity contribution is 0.0679. The minimum Gasteiger partial charge on any atom is -0.491 e. The molecule has 1 amide bonds. The number of hydrogen-bond acceptors (Lipinski definition) is 5. The summed E-state index contributed by atoms with van der Waals surface area (Å²) in [5.74, 6) is 0.581. The number of aromatic nitrogens is 1. The van der Waals surface area contributed by atoms with E-state index in [-0.39, 0.29) is 12.0 Å². The highest BCUT2D eigenvalue weighted by atomic mass is 32.1. The van der Waals surface area contributed by atoms with Gasteiger partial charge in [0.2, 0.25) is 0 Å². The Balaban J connectivity index is 1.54. The van der Waals surface area contributed by atoms with Gasteiger partial charge >= 0.3 is 0 Å². The fourth-order valence-corrected chi connectivity index (χ4v) is 2.93. The number of anilines is 1. The Kier molecular flexibility index (Phi) is 4.70. The summed E-state index contributed by atoms with van der Waals surface area (Å²) in [5.41, 5.74) is 1.48. The molecule has 1 N–H and O–H groups in total. The van der Waals surface area contributed by atoms with Crippen molar-refractivity contribution in [1.29, 1.82) is 0 Å². The van der Waals surface area contributed by atoms with Crippen LogP contribution in [0.4, 0.5) is 5.13 Å².